The van der Waals surface area contributed by atoms with Crippen LogP contribution in [0.15, 0.2) is 18.2 Å². The van der Waals surface area contributed by atoms with Crippen LogP contribution in [0.3, 0.4) is 0 Å². The average Bonchev–Trinajstić information content (AvgIpc) is 2.30. The Morgan fingerprint density at radius 2 is 2.17 bits per heavy atom. The summed E-state index contributed by atoms with van der Waals surface area (Å²) in [6, 6.07) is 5.47. The van der Waals surface area contributed by atoms with E-state index in [1.54, 1.807) is 6.07 Å². The number of aryl methyl sites for hydroxylation is 1. The van der Waals surface area contributed by atoms with Crippen molar-refractivity contribution in [2.75, 3.05) is 17.2 Å². The van der Waals surface area contributed by atoms with Crippen molar-refractivity contribution in [1.29, 1.82) is 0 Å². The maximum atomic E-state index is 11.6. The standard InChI is InChI=1S/C13H19NO3S/c1-9-4-5-12(14)11(7-9)13(15)10-3-2-6-18(16,17)8-10/h4-5,7,10,13,15H,2-3,6,8,14H2,1H3. The fourth-order valence-corrected chi connectivity index (χ4v) is 4.29. The van der Waals surface area contributed by atoms with Crippen LogP contribution in [0.25, 0.3) is 0 Å². The topological polar surface area (TPSA) is 80.4 Å². The van der Waals surface area contributed by atoms with E-state index in [0.717, 1.165) is 12.0 Å². The summed E-state index contributed by atoms with van der Waals surface area (Å²) < 4.78 is 23.2. The van der Waals surface area contributed by atoms with E-state index >= 15 is 0 Å². The zero-order chi connectivity index (χ0) is 13.3. The van der Waals surface area contributed by atoms with Crippen LogP contribution in [0.5, 0.6) is 0 Å². The van der Waals surface area contributed by atoms with Gasteiger partial charge in [0.15, 0.2) is 9.84 Å². The highest BCUT2D eigenvalue weighted by molar-refractivity contribution is 7.91. The highest BCUT2D eigenvalue weighted by Gasteiger charge is 2.31. The molecule has 0 radical (unpaired) electrons. The van der Waals surface area contributed by atoms with Gasteiger partial charge in [-0.2, -0.15) is 0 Å². The Labute approximate surface area is 108 Å². The van der Waals surface area contributed by atoms with Crippen molar-refractivity contribution >= 4 is 15.5 Å². The summed E-state index contributed by atoms with van der Waals surface area (Å²) in [5.41, 5.74) is 8.04. The molecule has 2 rings (SSSR count). The van der Waals surface area contributed by atoms with Crippen LogP contribution in [0.4, 0.5) is 5.69 Å². The molecule has 1 saturated heterocycles. The van der Waals surface area contributed by atoms with Crippen molar-refractivity contribution in [3.63, 3.8) is 0 Å². The minimum Gasteiger partial charge on any atom is -0.398 e. The highest BCUT2D eigenvalue weighted by atomic mass is 32.2. The number of nitrogens with two attached hydrogens (primary N) is 1. The Hall–Kier alpha value is -1.07. The minimum atomic E-state index is -3.01. The van der Waals surface area contributed by atoms with E-state index < -0.39 is 15.9 Å². The normalized spacial score (nSPS) is 24.7. The van der Waals surface area contributed by atoms with Crippen molar-refractivity contribution in [2.24, 2.45) is 5.92 Å². The number of benzene rings is 1. The maximum Gasteiger partial charge on any atom is 0.150 e. The molecule has 1 aliphatic rings. The van der Waals surface area contributed by atoms with Crippen molar-refractivity contribution in [2.45, 2.75) is 25.9 Å². The first-order valence-corrected chi connectivity index (χ1v) is 7.96. The lowest BCUT2D eigenvalue weighted by atomic mass is 9.91. The van der Waals surface area contributed by atoms with E-state index in [1.807, 2.05) is 19.1 Å². The summed E-state index contributed by atoms with van der Waals surface area (Å²) in [6.07, 6.45) is 0.559. The van der Waals surface area contributed by atoms with Gasteiger partial charge in [0.2, 0.25) is 0 Å². The number of aliphatic hydroxyl groups is 1. The van der Waals surface area contributed by atoms with Gasteiger partial charge in [0, 0.05) is 17.2 Å². The van der Waals surface area contributed by atoms with Crippen LogP contribution in [0, 0.1) is 12.8 Å². The molecule has 18 heavy (non-hydrogen) atoms. The van der Waals surface area contributed by atoms with Crippen LogP contribution < -0.4 is 5.73 Å². The summed E-state index contributed by atoms with van der Waals surface area (Å²) in [5.74, 6) is 0.0500. The van der Waals surface area contributed by atoms with Gasteiger partial charge in [0.1, 0.15) is 0 Å². The van der Waals surface area contributed by atoms with Crippen LogP contribution in [-0.2, 0) is 9.84 Å². The summed E-state index contributed by atoms with van der Waals surface area (Å²) >= 11 is 0. The van der Waals surface area contributed by atoms with Crippen molar-refractivity contribution in [3.05, 3.63) is 29.3 Å². The van der Waals surface area contributed by atoms with E-state index in [-0.39, 0.29) is 17.4 Å². The third-order valence-electron chi connectivity index (χ3n) is 3.51. The van der Waals surface area contributed by atoms with Crippen LogP contribution >= 0.6 is 0 Å². The largest absolute Gasteiger partial charge is 0.398 e. The molecule has 0 amide bonds. The average molecular weight is 269 g/mol. The Kier molecular flexibility index (Phi) is 3.64. The molecule has 4 nitrogen and oxygen atoms in total. The second kappa shape index (κ2) is 4.90. The first-order chi connectivity index (χ1) is 8.39. The lowest BCUT2D eigenvalue weighted by molar-refractivity contribution is 0.112. The Morgan fingerprint density at radius 3 is 2.83 bits per heavy atom. The summed E-state index contributed by atoms with van der Waals surface area (Å²) in [6.45, 7) is 1.92. The summed E-state index contributed by atoms with van der Waals surface area (Å²) in [5, 5.41) is 10.3. The van der Waals surface area contributed by atoms with Crippen molar-refractivity contribution in [3.8, 4) is 0 Å². The quantitative estimate of drug-likeness (QED) is 0.796. The van der Waals surface area contributed by atoms with Gasteiger partial charge in [-0.05, 0) is 25.8 Å². The van der Waals surface area contributed by atoms with Gasteiger partial charge >= 0.3 is 0 Å². The zero-order valence-electron chi connectivity index (χ0n) is 10.5. The molecule has 1 heterocycles. The SMILES string of the molecule is Cc1ccc(N)c(C(O)C2CCCS(=O)(=O)C2)c1. The van der Waals surface area contributed by atoms with E-state index in [4.69, 9.17) is 5.73 Å². The van der Waals surface area contributed by atoms with Gasteiger partial charge in [-0.25, -0.2) is 8.42 Å². The number of hydrogen-bond acceptors (Lipinski definition) is 4. The zero-order valence-corrected chi connectivity index (χ0v) is 11.3. The molecule has 0 aromatic heterocycles. The maximum absolute atomic E-state index is 11.6. The predicted octanol–water partition coefficient (Wildman–Crippen LogP) is 1.44. The van der Waals surface area contributed by atoms with Gasteiger partial charge < -0.3 is 10.8 Å². The number of hydrogen-bond donors (Lipinski definition) is 2. The lowest BCUT2D eigenvalue weighted by Crippen LogP contribution is -2.29. The highest BCUT2D eigenvalue weighted by Crippen LogP contribution is 2.33. The molecular formula is C13H19NO3S. The molecule has 0 spiro atoms. The first-order valence-electron chi connectivity index (χ1n) is 6.13. The molecule has 1 aromatic carbocycles. The summed E-state index contributed by atoms with van der Waals surface area (Å²) in [7, 11) is -3.01. The molecule has 0 saturated carbocycles. The van der Waals surface area contributed by atoms with E-state index in [0.29, 0.717) is 17.7 Å². The molecule has 0 aliphatic carbocycles. The number of nitrogen functional groups attached to an aromatic ring is 1. The smallest absolute Gasteiger partial charge is 0.150 e. The summed E-state index contributed by atoms with van der Waals surface area (Å²) in [4.78, 5) is 0. The molecule has 3 N–H and O–H groups in total. The van der Waals surface area contributed by atoms with Gasteiger partial charge in [0.05, 0.1) is 17.6 Å². The fraction of sp³-hybridized carbons (Fsp3) is 0.538. The van der Waals surface area contributed by atoms with Crippen molar-refractivity contribution in [1.82, 2.24) is 0 Å². The second-order valence-electron chi connectivity index (χ2n) is 5.09. The van der Waals surface area contributed by atoms with Crippen molar-refractivity contribution < 1.29 is 13.5 Å². The van der Waals surface area contributed by atoms with Crippen LogP contribution in [-0.4, -0.2) is 25.0 Å². The van der Waals surface area contributed by atoms with Crippen LogP contribution in [0.2, 0.25) is 0 Å². The fourth-order valence-electron chi connectivity index (χ4n) is 2.51. The molecule has 1 aromatic rings. The molecule has 1 fully saturated rings. The molecule has 100 valence electrons. The van der Waals surface area contributed by atoms with E-state index in [1.165, 1.54) is 0 Å². The van der Waals surface area contributed by atoms with Gasteiger partial charge in [-0.15, -0.1) is 0 Å². The minimum absolute atomic E-state index is 0.0571. The molecule has 1 aliphatic heterocycles. The third-order valence-corrected chi connectivity index (χ3v) is 5.35. The van der Waals surface area contributed by atoms with E-state index in [9.17, 15) is 13.5 Å². The monoisotopic (exact) mass is 269 g/mol. The lowest BCUT2D eigenvalue weighted by Gasteiger charge is -2.27. The Balaban J connectivity index is 2.25. The van der Waals surface area contributed by atoms with Crippen LogP contribution in [0.1, 0.15) is 30.1 Å². The third kappa shape index (κ3) is 2.84. The molecular weight excluding hydrogens is 250 g/mol. The Morgan fingerprint density at radius 1 is 1.44 bits per heavy atom. The number of sulfone groups is 1. The molecule has 2 unspecified atom stereocenters. The van der Waals surface area contributed by atoms with Gasteiger partial charge in [-0.3, -0.25) is 0 Å². The molecule has 5 heteroatoms. The van der Waals surface area contributed by atoms with Gasteiger partial charge in [-0.1, -0.05) is 17.7 Å². The molecule has 2 atom stereocenters. The number of anilines is 1. The Bertz CT molecular complexity index is 539. The molecule has 0 bridgehead atoms. The first kappa shape index (κ1) is 13.4. The predicted molar refractivity (Wildman–Crippen MR) is 71.9 cm³/mol. The van der Waals surface area contributed by atoms with Gasteiger partial charge in [0.25, 0.3) is 0 Å². The number of aliphatic hydroxyl groups excluding tert-OH is 1. The van der Waals surface area contributed by atoms with E-state index in [2.05, 4.69) is 0 Å². The number of rotatable bonds is 2. The second-order valence-corrected chi connectivity index (χ2v) is 7.32.